The average Bonchev–Trinajstić information content (AvgIpc) is 2.24. The summed E-state index contributed by atoms with van der Waals surface area (Å²) in [5.41, 5.74) is 0. The lowest BCUT2D eigenvalue weighted by atomic mass is 10.6. The molecule has 0 amide bonds. The molecule has 0 aromatic rings. The summed E-state index contributed by atoms with van der Waals surface area (Å²) in [4.78, 5) is 0. The molecular weight excluding hydrogens is 204 g/mol. The fraction of sp³-hybridized carbons (Fsp3) is 0.833. The van der Waals surface area contributed by atoms with E-state index in [2.05, 4.69) is 13.8 Å². The first-order valence-corrected chi connectivity index (χ1v) is 8.45. The molecule has 0 fully saturated rings. The predicted molar refractivity (Wildman–Crippen MR) is 68.7 cm³/mol. The van der Waals surface area contributed by atoms with Crippen molar-refractivity contribution in [2.24, 2.45) is 0 Å². The van der Waals surface area contributed by atoms with Gasteiger partial charge in [-0.2, -0.15) is 0 Å². The van der Waals surface area contributed by atoms with Gasteiger partial charge in [0.1, 0.15) is 20.4 Å². The zero-order valence-corrected chi connectivity index (χ0v) is 11.9. The highest BCUT2D eigenvalue weighted by atomic mass is 28.3. The lowest BCUT2D eigenvalue weighted by Gasteiger charge is -2.17. The molecule has 2 nitrogen and oxygen atoms in total. The maximum Gasteiger partial charge on any atom is 0.120 e. The van der Waals surface area contributed by atoms with Gasteiger partial charge in [-0.3, -0.25) is 0 Å². The van der Waals surface area contributed by atoms with Crippen LogP contribution in [0.4, 0.5) is 0 Å². The van der Waals surface area contributed by atoms with Gasteiger partial charge >= 0.3 is 0 Å². The summed E-state index contributed by atoms with van der Waals surface area (Å²) in [6, 6.07) is 2.65. The smallest absolute Gasteiger partial charge is 0.120 e. The van der Waals surface area contributed by atoms with Gasteiger partial charge in [-0.15, -0.1) is 0 Å². The van der Waals surface area contributed by atoms with Gasteiger partial charge in [-0.1, -0.05) is 38.8 Å². The van der Waals surface area contributed by atoms with E-state index in [1.807, 2.05) is 20.1 Å². The van der Waals surface area contributed by atoms with E-state index in [9.17, 15) is 0 Å². The molecule has 0 spiro atoms. The van der Waals surface area contributed by atoms with Gasteiger partial charge in [0.15, 0.2) is 0 Å². The molecule has 0 unspecified atom stereocenters. The molecule has 0 aromatic heterocycles. The first kappa shape index (κ1) is 14.6. The van der Waals surface area contributed by atoms with Crippen molar-refractivity contribution in [2.45, 2.75) is 52.6 Å². The number of ether oxygens (including phenoxy) is 2. The van der Waals surface area contributed by atoms with E-state index >= 15 is 0 Å². The summed E-state index contributed by atoms with van der Waals surface area (Å²) in [6.45, 7) is 10.0. The lowest BCUT2D eigenvalue weighted by molar-refractivity contribution is 0.208. The van der Waals surface area contributed by atoms with Gasteiger partial charge in [0, 0.05) is 0 Å². The van der Waals surface area contributed by atoms with Gasteiger partial charge < -0.3 is 9.47 Å². The van der Waals surface area contributed by atoms with Crippen LogP contribution in [-0.2, 0) is 9.47 Å². The lowest BCUT2D eigenvalue weighted by Crippen LogP contribution is -2.18. The molecule has 0 rings (SSSR count). The predicted octanol–water partition coefficient (Wildman–Crippen LogP) is 3.49. The molecule has 0 aliphatic rings. The Hall–Kier alpha value is -0.443. The zero-order chi connectivity index (χ0) is 11.5. The van der Waals surface area contributed by atoms with E-state index in [0.29, 0.717) is 0 Å². The van der Waals surface area contributed by atoms with E-state index in [4.69, 9.17) is 9.47 Å². The Morgan fingerprint density at radius 1 is 1.00 bits per heavy atom. The first-order chi connectivity index (χ1) is 7.29. The Bertz CT molecular complexity index is 163. The second-order valence-electron chi connectivity index (χ2n) is 3.68. The standard InChI is InChI=1S/C12H26O2Si/c1-5-9-15(10-6-2)12(14-8-4)11-13-7-3/h11,15H,5-10H2,1-4H3. The van der Waals surface area contributed by atoms with Crippen LogP contribution in [0.15, 0.2) is 11.6 Å². The molecule has 3 heteroatoms. The van der Waals surface area contributed by atoms with Crippen molar-refractivity contribution in [3.8, 4) is 0 Å². The van der Waals surface area contributed by atoms with E-state index in [0.717, 1.165) is 13.2 Å². The first-order valence-electron chi connectivity index (χ1n) is 6.24. The van der Waals surface area contributed by atoms with Crippen molar-refractivity contribution in [2.75, 3.05) is 13.2 Å². The fourth-order valence-electron chi connectivity index (χ4n) is 1.71. The molecular formula is C12H26O2Si. The van der Waals surface area contributed by atoms with Crippen LogP contribution in [0.5, 0.6) is 0 Å². The Morgan fingerprint density at radius 2 is 1.60 bits per heavy atom. The van der Waals surface area contributed by atoms with Gasteiger partial charge in [0.05, 0.1) is 13.2 Å². The largest absolute Gasteiger partial charge is 0.501 e. The van der Waals surface area contributed by atoms with Crippen LogP contribution in [0.3, 0.4) is 0 Å². The molecule has 0 aliphatic heterocycles. The van der Waals surface area contributed by atoms with Crippen LogP contribution in [0.25, 0.3) is 0 Å². The molecule has 0 atom stereocenters. The highest BCUT2D eigenvalue weighted by Crippen LogP contribution is 2.16. The molecule has 0 bridgehead atoms. The van der Waals surface area contributed by atoms with Crippen molar-refractivity contribution >= 4 is 8.80 Å². The summed E-state index contributed by atoms with van der Waals surface area (Å²) in [6.07, 6.45) is 4.38. The molecule has 0 saturated carbocycles. The normalized spacial score (nSPS) is 11.9. The Morgan fingerprint density at radius 3 is 2.00 bits per heavy atom. The van der Waals surface area contributed by atoms with E-state index in [1.54, 1.807) is 0 Å². The van der Waals surface area contributed by atoms with Crippen LogP contribution in [-0.4, -0.2) is 22.0 Å². The average molecular weight is 230 g/mol. The number of hydrogen-bond donors (Lipinski definition) is 0. The van der Waals surface area contributed by atoms with Crippen molar-refractivity contribution < 1.29 is 9.47 Å². The monoisotopic (exact) mass is 230 g/mol. The maximum atomic E-state index is 5.71. The summed E-state index contributed by atoms with van der Waals surface area (Å²) < 4.78 is 11.1. The Labute approximate surface area is 96.3 Å². The van der Waals surface area contributed by atoms with Crippen LogP contribution in [0.2, 0.25) is 12.1 Å². The van der Waals surface area contributed by atoms with Crippen molar-refractivity contribution in [3.05, 3.63) is 11.6 Å². The molecule has 0 saturated heterocycles. The highest BCUT2D eigenvalue weighted by Gasteiger charge is 2.16. The minimum atomic E-state index is -0.884. The molecule has 15 heavy (non-hydrogen) atoms. The molecule has 0 aromatic carbocycles. The minimum absolute atomic E-state index is 0.732. The molecule has 0 radical (unpaired) electrons. The van der Waals surface area contributed by atoms with Crippen LogP contribution in [0.1, 0.15) is 40.5 Å². The van der Waals surface area contributed by atoms with Gasteiger partial charge in [-0.05, 0) is 13.8 Å². The van der Waals surface area contributed by atoms with E-state index in [1.165, 1.54) is 30.3 Å². The highest BCUT2D eigenvalue weighted by molar-refractivity contribution is 6.65. The third-order valence-corrected chi connectivity index (χ3v) is 6.01. The fourth-order valence-corrected chi connectivity index (χ4v) is 4.65. The second-order valence-corrected chi connectivity index (χ2v) is 6.80. The van der Waals surface area contributed by atoms with Gasteiger partial charge in [0.2, 0.25) is 0 Å². The second kappa shape index (κ2) is 10.1. The zero-order valence-electron chi connectivity index (χ0n) is 10.7. The summed E-state index contributed by atoms with van der Waals surface area (Å²) in [7, 11) is -0.884. The molecule has 0 heterocycles. The van der Waals surface area contributed by atoms with Crippen LogP contribution in [0, 0.1) is 0 Å². The van der Waals surface area contributed by atoms with Crippen molar-refractivity contribution in [1.29, 1.82) is 0 Å². The SMILES string of the molecule is CCC[SiH](CCC)C(=COCC)OCC. The molecule has 0 N–H and O–H groups in total. The Balaban J connectivity index is 4.35. The van der Waals surface area contributed by atoms with Gasteiger partial charge in [-0.25, -0.2) is 0 Å². The molecule has 0 aliphatic carbocycles. The van der Waals surface area contributed by atoms with E-state index < -0.39 is 8.80 Å². The third kappa shape index (κ3) is 6.61. The number of rotatable bonds is 9. The van der Waals surface area contributed by atoms with Gasteiger partial charge in [0.25, 0.3) is 0 Å². The van der Waals surface area contributed by atoms with Crippen LogP contribution < -0.4 is 0 Å². The molecule has 90 valence electrons. The van der Waals surface area contributed by atoms with E-state index in [-0.39, 0.29) is 0 Å². The Kier molecular flexibility index (Phi) is 9.79. The number of hydrogen-bond acceptors (Lipinski definition) is 2. The maximum absolute atomic E-state index is 5.71. The van der Waals surface area contributed by atoms with Crippen molar-refractivity contribution in [3.63, 3.8) is 0 Å². The summed E-state index contributed by atoms with van der Waals surface area (Å²) in [5.74, 6) is 0. The third-order valence-electron chi connectivity index (χ3n) is 2.35. The summed E-state index contributed by atoms with van der Waals surface area (Å²) in [5, 5.41) is 1.17. The quantitative estimate of drug-likeness (QED) is 0.446. The van der Waals surface area contributed by atoms with Crippen LogP contribution >= 0.6 is 0 Å². The summed E-state index contributed by atoms with van der Waals surface area (Å²) >= 11 is 0. The van der Waals surface area contributed by atoms with Crippen molar-refractivity contribution in [1.82, 2.24) is 0 Å². The minimum Gasteiger partial charge on any atom is -0.501 e. The topological polar surface area (TPSA) is 18.5 Å².